The molecule has 0 bridgehead atoms. The molecular formula is C19H29N3O3S. The molecular weight excluding hydrogens is 350 g/mol. The zero-order valence-electron chi connectivity index (χ0n) is 15.8. The lowest BCUT2D eigenvalue weighted by Crippen LogP contribution is -2.51. The van der Waals surface area contributed by atoms with E-state index in [0.29, 0.717) is 40.7 Å². The molecule has 26 heavy (non-hydrogen) atoms. The summed E-state index contributed by atoms with van der Waals surface area (Å²) in [5.74, 6) is 1.45. The van der Waals surface area contributed by atoms with Gasteiger partial charge < -0.3 is 14.8 Å². The summed E-state index contributed by atoms with van der Waals surface area (Å²) in [6, 6.07) is 5.45. The molecule has 1 aromatic carbocycles. The summed E-state index contributed by atoms with van der Waals surface area (Å²) in [5.41, 5.74) is 5.88. The first-order valence-corrected chi connectivity index (χ1v) is 9.63. The first-order chi connectivity index (χ1) is 12.5. The van der Waals surface area contributed by atoms with E-state index in [9.17, 15) is 4.79 Å². The molecule has 1 aromatic rings. The van der Waals surface area contributed by atoms with Gasteiger partial charge in [-0.2, -0.15) is 0 Å². The number of hydrogen-bond acceptors (Lipinski definition) is 4. The lowest BCUT2D eigenvalue weighted by Gasteiger charge is -2.30. The van der Waals surface area contributed by atoms with Gasteiger partial charge in [-0.1, -0.05) is 26.7 Å². The predicted octanol–water partition coefficient (Wildman–Crippen LogP) is 3.17. The molecule has 1 aliphatic carbocycles. The molecule has 0 aromatic heterocycles. The first-order valence-electron chi connectivity index (χ1n) is 9.22. The van der Waals surface area contributed by atoms with Crippen LogP contribution in [0, 0.1) is 5.92 Å². The van der Waals surface area contributed by atoms with Gasteiger partial charge in [0.2, 0.25) is 0 Å². The monoisotopic (exact) mass is 379 g/mol. The number of rotatable bonds is 6. The number of amides is 1. The molecule has 2 rings (SSSR count). The molecule has 6 nitrogen and oxygen atoms in total. The molecule has 0 spiro atoms. The summed E-state index contributed by atoms with van der Waals surface area (Å²) in [5, 5.41) is 3.73. The van der Waals surface area contributed by atoms with Crippen LogP contribution >= 0.6 is 12.2 Å². The summed E-state index contributed by atoms with van der Waals surface area (Å²) in [4.78, 5) is 12.3. The number of carbonyl (C=O) groups excluding carboxylic acids is 1. The normalized spacial score (nSPS) is 19.3. The number of benzene rings is 1. The van der Waals surface area contributed by atoms with E-state index in [0.717, 1.165) is 12.8 Å². The third-order valence-electron chi connectivity index (χ3n) is 4.61. The Kier molecular flexibility index (Phi) is 7.97. The van der Waals surface area contributed by atoms with Gasteiger partial charge in [0, 0.05) is 11.6 Å². The maximum Gasteiger partial charge on any atom is 0.269 e. The second-order valence-corrected chi connectivity index (χ2v) is 7.04. The summed E-state index contributed by atoms with van der Waals surface area (Å²) in [6.07, 6.45) is 5.70. The SMILES string of the molecule is CCCOc1ccc(C(=O)NNC(=S)N[C@@H]2CCCC[C@@H]2C)cc1OC. The van der Waals surface area contributed by atoms with Gasteiger partial charge in [-0.05, 0) is 55.6 Å². The van der Waals surface area contributed by atoms with E-state index >= 15 is 0 Å². The number of hydrazine groups is 1. The van der Waals surface area contributed by atoms with E-state index in [1.807, 2.05) is 6.92 Å². The number of methoxy groups -OCH3 is 1. The minimum Gasteiger partial charge on any atom is -0.493 e. The molecule has 0 aliphatic heterocycles. The van der Waals surface area contributed by atoms with Gasteiger partial charge >= 0.3 is 0 Å². The standard InChI is InChI=1S/C19H29N3O3S/c1-4-11-25-16-10-9-14(12-17(16)24-3)18(23)21-22-19(26)20-15-8-6-5-7-13(15)2/h9-10,12-13,15H,4-8,11H2,1-3H3,(H,21,23)(H2,20,22,26)/t13-,15+/m0/s1. The van der Waals surface area contributed by atoms with Crippen molar-refractivity contribution in [1.29, 1.82) is 0 Å². The van der Waals surface area contributed by atoms with Crippen molar-refractivity contribution in [2.75, 3.05) is 13.7 Å². The van der Waals surface area contributed by atoms with Crippen LogP contribution in [0.2, 0.25) is 0 Å². The van der Waals surface area contributed by atoms with Gasteiger partial charge in [-0.3, -0.25) is 15.6 Å². The van der Waals surface area contributed by atoms with E-state index in [1.165, 1.54) is 19.3 Å². The predicted molar refractivity (Wildman–Crippen MR) is 107 cm³/mol. The van der Waals surface area contributed by atoms with Crippen molar-refractivity contribution in [2.45, 2.75) is 52.0 Å². The summed E-state index contributed by atoms with van der Waals surface area (Å²) < 4.78 is 10.9. The Morgan fingerprint density at radius 1 is 1.23 bits per heavy atom. The zero-order valence-corrected chi connectivity index (χ0v) is 16.6. The van der Waals surface area contributed by atoms with Crippen molar-refractivity contribution in [1.82, 2.24) is 16.2 Å². The summed E-state index contributed by atoms with van der Waals surface area (Å²) in [6.45, 7) is 4.86. The molecule has 0 unspecified atom stereocenters. The molecule has 2 atom stereocenters. The zero-order chi connectivity index (χ0) is 18.9. The number of ether oxygens (including phenoxy) is 2. The van der Waals surface area contributed by atoms with Crippen LogP contribution in [-0.2, 0) is 0 Å². The van der Waals surface area contributed by atoms with Crippen molar-refractivity contribution in [3.8, 4) is 11.5 Å². The Morgan fingerprint density at radius 3 is 2.69 bits per heavy atom. The van der Waals surface area contributed by atoms with Crippen LogP contribution in [-0.4, -0.2) is 30.8 Å². The van der Waals surface area contributed by atoms with E-state index < -0.39 is 0 Å². The minimum atomic E-state index is -0.286. The van der Waals surface area contributed by atoms with Gasteiger partial charge in [0.05, 0.1) is 13.7 Å². The quantitative estimate of drug-likeness (QED) is 0.521. The average molecular weight is 380 g/mol. The molecule has 0 radical (unpaired) electrons. The van der Waals surface area contributed by atoms with E-state index in [2.05, 4.69) is 23.1 Å². The van der Waals surface area contributed by atoms with Crippen LogP contribution in [0.4, 0.5) is 0 Å². The number of hydrogen-bond donors (Lipinski definition) is 3. The van der Waals surface area contributed by atoms with Crippen LogP contribution in [0.25, 0.3) is 0 Å². The Bertz CT molecular complexity index is 624. The van der Waals surface area contributed by atoms with Crippen LogP contribution in [0.1, 0.15) is 56.3 Å². The second kappa shape index (κ2) is 10.2. The van der Waals surface area contributed by atoms with Gasteiger partial charge in [0.1, 0.15) is 0 Å². The fraction of sp³-hybridized carbons (Fsp3) is 0.579. The molecule has 0 heterocycles. The Labute approximate surface area is 161 Å². The topological polar surface area (TPSA) is 71.6 Å². The molecule has 1 aliphatic rings. The Hall–Kier alpha value is -2.02. The van der Waals surface area contributed by atoms with Crippen LogP contribution in [0.5, 0.6) is 11.5 Å². The highest BCUT2D eigenvalue weighted by Gasteiger charge is 2.21. The number of nitrogens with one attached hydrogen (secondary N) is 3. The van der Waals surface area contributed by atoms with E-state index in [4.69, 9.17) is 21.7 Å². The van der Waals surface area contributed by atoms with Gasteiger partial charge in [0.25, 0.3) is 5.91 Å². The van der Waals surface area contributed by atoms with E-state index in [1.54, 1.807) is 25.3 Å². The third-order valence-corrected chi connectivity index (χ3v) is 4.82. The average Bonchev–Trinajstić information content (AvgIpc) is 2.66. The van der Waals surface area contributed by atoms with Crippen molar-refractivity contribution < 1.29 is 14.3 Å². The number of thiocarbonyl (C=S) groups is 1. The highest BCUT2D eigenvalue weighted by atomic mass is 32.1. The molecule has 0 saturated heterocycles. The second-order valence-electron chi connectivity index (χ2n) is 6.63. The molecule has 1 fully saturated rings. The highest BCUT2D eigenvalue weighted by molar-refractivity contribution is 7.80. The van der Waals surface area contributed by atoms with Crippen LogP contribution < -0.4 is 25.6 Å². The fourth-order valence-electron chi connectivity index (χ4n) is 3.06. The Balaban J connectivity index is 1.87. The molecule has 1 saturated carbocycles. The van der Waals surface area contributed by atoms with Crippen molar-refractivity contribution >= 4 is 23.2 Å². The largest absolute Gasteiger partial charge is 0.493 e. The Morgan fingerprint density at radius 2 is 2.00 bits per heavy atom. The van der Waals surface area contributed by atoms with Gasteiger partial charge in [0.15, 0.2) is 16.6 Å². The van der Waals surface area contributed by atoms with E-state index in [-0.39, 0.29) is 5.91 Å². The molecule has 3 N–H and O–H groups in total. The van der Waals surface area contributed by atoms with Crippen LogP contribution in [0.3, 0.4) is 0 Å². The maximum absolute atomic E-state index is 12.3. The number of carbonyl (C=O) groups is 1. The van der Waals surface area contributed by atoms with Crippen molar-refractivity contribution in [3.05, 3.63) is 23.8 Å². The smallest absolute Gasteiger partial charge is 0.269 e. The minimum absolute atomic E-state index is 0.286. The molecule has 7 heteroatoms. The van der Waals surface area contributed by atoms with Crippen molar-refractivity contribution in [3.63, 3.8) is 0 Å². The third kappa shape index (κ3) is 5.76. The molecule has 144 valence electrons. The first kappa shape index (κ1) is 20.3. The summed E-state index contributed by atoms with van der Waals surface area (Å²) >= 11 is 5.29. The maximum atomic E-state index is 12.3. The fourth-order valence-corrected chi connectivity index (χ4v) is 3.26. The summed E-state index contributed by atoms with van der Waals surface area (Å²) in [7, 11) is 1.55. The lowest BCUT2D eigenvalue weighted by molar-refractivity contribution is 0.0943. The molecule has 1 amide bonds. The lowest BCUT2D eigenvalue weighted by atomic mass is 9.86. The van der Waals surface area contributed by atoms with Gasteiger partial charge in [-0.15, -0.1) is 0 Å². The van der Waals surface area contributed by atoms with Crippen LogP contribution in [0.15, 0.2) is 18.2 Å². The van der Waals surface area contributed by atoms with Gasteiger partial charge in [-0.25, -0.2) is 0 Å². The van der Waals surface area contributed by atoms with Crippen molar-refractivity contribution in [2.24, 2.45) is 5.92 Å². The highest BCUT2D eigenvalue weighted by Crippen LogP contribution is 2.28.